The number of amides is 1. The number of hydrogen-bond acceptors (Lipinski definition) is 3. The highest BCUT2D eigenvalue weighted by molar-refractivity contribution is 6.04. The van der Waals surface area contributed by atoms with Crippen LogP contribution in [0.25, 0.3) is 10.9 Å². The van der Waals surface area contributed by atoms with Gasteiger partial charge in [-0.1, -0.05) is 25.1 Å². The summed E-state index contributed by atoms with van der Waals surface area (Å²) in [7, 11) is 6.03. The van der Waals surface area contributed by atoms with Gasteiger partial charge in [0.15, 0.2) is 5.69 Å². The van der Waals surface area contributed by atoms with Gasteiger partial charge >= 0.3 is 0 Å². The largest absolute Gasteiger partial charge is 0.335 e. The lowest BCUT2D eigenvalue weighted by Crippen LogP contribution is -2.36. The van der Waals surface area contributed by atoms with Gasteiger partial charge in [0.25, 0.3) is 5.91 Å². The van der Waals surface area contributed by atoms with Gasteiger partial charge in [-0.3, -0.25) is 9.48 Å². The van der Waals surface area contributed by atoms with E-state index in [0.717, 1.165) is 24.0 Å². The normalized spacial score (nSPS) is 22.4. The van der Waals surface area contributed by atoms with Crippen molar-refractivity contribution in [3.05, 3.63) is 30.0 Å². The number of carbonyl (C=O) groups excluding carboxylic acids is 1. The lowest BCUT2D eigenvalue weighted by atomic mass is 10.1. The predicted octanol–water partition coefficient (Wildman–Crippen LogP) is 1.60. The van der Waals surface area contributed by atoms with Crippen LogP contribution in [0.2, 0.25) is 0 Å². The third-order valence-corrected chi connectivity index (χ3v) is 4.48. The zero-order valence-corrected chi connectivity index (χ0v) is 13.1. The molecule has 0 aliphatic carbocycles. The Hall–Kier alpha value is -1.88. The molecule has 0 bridgehead atoms. The Labute approximate surface area is 125 Å². The van der Waals surface area contributed by atoms with Crippen molar-refractivity contribution < 1.29 is 4.79 Å². The second kappa shape index (κ2) is 5.15. The monoisotopic (exact) mass is 286 g/mol. The molecule has 0 N–H and O–H groups in total. The van der Waals surface area contributed by atoms with E-state index in [0.29, 0.717) is 17.7 Å². The maximum atomic E-state index is 12.8. The van der Waals surface area contributed by atoms with E-state index in [1.165, 1.54) is 0 Å². The SMILES string of the molecule is CC1CN(C(=O)c2nn(C)c3ccccc23)CC1N(C)C. The molecule has 112 valence electrons. The van der Waals surface area contributed by atoms with E-state index >= 15 is 0 Å². The summed E-state index contributed by atoms with van der Waals surface area (Å²) in [5, 5.41) is 5.38. The van der Waals surface area contributed by atoms with Gasteiger partial charge < -0.3 is 9.80 Å². The molecule has 1 aliphatic heterocycles. The second-order valence-corrected chi connectivity index (χ2v) is 6.21. The molecule has 5 nitrogen and oxygen atoms in total. The smallest absolute Gasteiger partial charge is 0.275 e. The molecular formula is C16H22N4O. The Balaban J connectivity index is 1.92. The summed E-state index contributed by atoms with van der Waals surface area (Å²) in [5.74, 6) is 0.530. The molecule has 2 heterocycles. The number of aromatic nitrogens is 2. The summed E-state index contributed by atoms with van der Waals surface area (Å²) in [6.45, 7) is 3.78. The molecule has 0 saturated carbocycles. The van der Waals surface area contributed by atoms with Crippen molar-refractivity contribution in [2.45, 2.75) is 13.0 Å². The van der Waals surface area contributed by atoms with Gasteiger partial charge in [-0.2, -0.15) is 5.10 Å². The van der Waals surface area contributed by atoms with Crippen LogP contribution < -0.4 is 0 Å². The number of carbonyl (C=O) groups is 1. The topological polar surface area (TPSA) is 41.4 Å². The minimum atomic E-state index is 0.0444. The van der Waals surface area contributed by atoms with E-state index in [2.05, 4.69) is 31.0 Å². The molecule has 1 fully saturated rings. The Morgan fingerprint density at radius 3 is 2.67 bits per heavy atom. The molecule has 0 spiro atoms. The first-order valence-corrected chi connectivity index (χ1v) is 7.36. The van der Waals surface area contributed by atoms with Crippen LogP contribution in [0, 0.1) is 5.92 Å². The van der Waals surface area contributed by atoms with Crippen LogP contribution >= 0.6 is 0 Å². The summed E-state index contributed by atoms with van der Waals surface area (Å²) in [4.78, 5) is 17.0. The van der Waals surface area contributed by atoms with Crippen molar-refractivity contribution in [2.24, 2.45) is 13.0 Å². The lowest BCUT2D eigenvalue weighted by Gasteiger charge is -2.22. The Morgan fingerprint density at radius 1 is 1.29 bits per heavy atom. The van der Waals surface area contributed by atoms with E-state index in [1.807, 2.05) is 36.2 Å². The first-order chi connectivity index (χ1) is 9.99. The van der Waals surface area contributed by atoms with Crippen LogP contribution in [0.4, 0.5) is 0 Å². The van der Waals surface area contributed by atoms with Gasteiger partial charge in [-0.25, -0.2) is 0 Å². The van der Waals surface area contributed by atoms with Crippen LogP contribution in [0.1, 0.15) is 17.4 Å². The minimum absolute atomic E-state index is 0.0444. The van der Waals surface area contributed by atoms with Gasteiger partial charge in [-0.05, 0) is 26.1 Å². The number of nitrogens with zero attached hydrogens (tertiary/aromatic N) is 4. The number of rotatable bonds is 2. The first kappa shape index (κ1) is 14.1. The van der Waals surface area contributed by atoms with Gasteiger partial charge in [0.1, 0.15) is 0 Å². The molecule has 1 aliphatic rings. The third-order valence-electron chi connectivity index (χ3n) is 4.48. The maximum Gasteiger partial charge on any atom is 0.275 e. The Bertz CT molecular complexity index is 676. The zero-order chi connectivity index (χ0) is 15.1. The number of likely N-dealkylation sites (tertiary alicyclic amines) is 1. The van der Waals surface area contributed by atoms with Gasteiger partial charge in [0, 0.05) is 31.6 Å². The first-order valence-electron chi connectivity index (χ1n) is 7.36. The summed E-state index contributed by atoms with van der Waals surface area (Å²) in [6.07, 6.45) is 0. The highest BCUT2D eigenvalue weighted by atomic mass is 16.2. The van der Waals surface area contributed by atoms with E-state index in [1.54, 1.807) is 4.68 Å². The van der Waals surface area contributed by atoms with Crippen molar-refractivity contribution in [2.75, 3.05) is 27.2 Å². The highest BCUT2D eigenvalue weighted by Gasteiger charge is 2.35. The number of likely N-dealkylation sites (N-methyl/N-ethyl adjacent to an activating group) is 1. The molecular weight excluding hydrogens is 264 g/mol. The summed E-state index contributed by atoms with van der Waals surface area (Å²) in [6, 6.07) is 8.31. The van der Waals surface area contributed by atoms with Gasteiger partial charge in [0.2, 0.25) is 0 Å². The number of para-hydroxylation sites is 1. The fourth-order valence-corrected chi connectivity index (χ4v) is 3.31. The number of fused-ring (bicyclic) bond motifs is 1. The molecule has 2 aromatic rings. The fraction of sp³-hybridized carbons (Fsp3) is 0.500. The Morgan fingerprint density at radius 2 is 2.00 bits per heavy atom. The average molecular weight is 286 g/mol. The lowest BCUT2D eigenvalue weighted by molar-refractivity contribution is 0.0776. The van der Waals surface area contributed by atoms with Crippen molar-refractivity contribution in [3.63, 3.8) is 0 Å². The molecule has 1 aromatic heterocycles. The van der Waals surface area contributed by atoms with Crippen molar-refractivity contribution in [1.82, 2.24) is 19.6 Å². The van der Waals surface area contributed by atoms with Gasteiger partial charge in [-0.15, -0.1) is 0 Å². The molecule has 0 radical (unpaired) electrons. The minimum Gasteiger partial charge on any atom is -0.335 e. The Kier molecular flexibility index (Phi) is 3.45. The van der Waals surface area contributed by atoms with Crippen LogP contribution in [-0.4, -0.2) is 58.7 Å². The summed E-state index contributed by atoms with van der Waals surface area (Å²) >= 11 is 0. The van der Waals surface area contributed by atoms with E-state index < -0.39 is 0 Å². The third kappa shape index (κ3) is 2.31. The predicted molar refractivity (Wildman–Crippen MR) is 83.3 cm³/mol. The van der Waals surface area contributed by atoms with E-state index in [4.69, 9.17) is 0 Å². The van der Waals surface area contributed by atoms with Crippen molar-refractivity contribution in [1.29, 1.82) is 0 Å². The fourth-order valence-electron chi connectivity index (χ4n) is 3.31. The van der Waals surface area contributed by atoms with Crippen molar-refractivity contribution in [3.8, 4) is 0 Å². The van der Waals surface area contributed by atoms with E-state index in [9.17, 15) is 4.79 Å². The molecule has 2 atom stereocenters. The van der Waals surface area contributed by atoms with Crippen LogP contribution in [0.15, 0.2) is 24.3 Å². The molecule has 3 rings (SSSR count). The number of aryl methyl sites for hydroxylation is 1. The summed E-state index contributed by atoms with van der Waals surface area (Å²) < 4.78 is 1.78. The molecule has 1 amide bonds. The molecule has 1 saturated heterocycles. The second-order valence-electron chi connectivity index (χ2n) is 6.21. The van der Waals surface area contributed by atoms with Gasteiger partial charge in [0.05, 0.1) is 5.52 Å². The molecule has 5 heteroatoms. The maximum absolute atomic E-state index is 12.8. The summed E-state index contributed by atoms with van der Waals surface area (Å²) in [5.41, 5.74) is 1.57. The standard InChI is InChI=1S/C16H22N4O/c1-11-9-20(10-14(11)18(2)3)16(21)15-12-7-5-6-8-13(12)19(4)17-15/h5-8,11,14H,9-10H2,1-4H3. The van der Waals surface area contributed by atoms with E-state index in [-0.39, 0.29) is 5.91 Å². The molecule has 21 heavy (non-hydrogen) atoms. The number of benzene rings is 1. The van der Waals surface area contributed by atoms with Crippen molar-refractivity contribution >= 4 is 16.8 Å². The van der Waals surface area contributed by atoms with Crippen LogP contribution in [0.5, 0.6) is 0 Å². The highest BCUT2D eigenvalue weighted by Crippen LogP contribution is 2.24. The number of hydrogen-bond donors (Lipinski definition) is 0. The molecule has 2 unspecified atom stereocenters. The van der Waals surface area contributed by atoms with Crippen LogP contribution in [-0.2, 0) is 7.05 Å². The average Bonchev–Trinajstić information content (AvgIpc) is 3.00. The quantitative estimate of drug-likeness (QED) is 0.842. The molecule has 1 aromatic carbocycles. The van der Waals surface area contributed by atoms with Crippen LogP contribution in [0.3, 0.4) is 0 Å². The zero-order valence-electron chi connectivity index (χ0n) is 13.1.